The average Bonchev–Trinajstić information content (AvgIpc) is 2.57. The van der Waals surface area contributed by atoms with Gasteiger partial charge in [0.15, 0.2) is 5.82 Å². The molecule has 3 rings (SSSR count). The fourth-order valence-electron chi connectivity index (χ4n) is 2.65. The average molecular weight is 343 g/mol. The third-order valence-electron chi connectivity index (χ3n) is 3.91. The van der Waals surface area contributed by atoms with Crippen molar-refractivity contribution in [2.45, 2.75) is 32.4 Å². The van der Waals surface area contributed by atoms with Gasteiger partial charge < -0.3 is 10.3 Å². The summed E-state index contributed by atoms with van der Waals surface area (Å²) in [5.41, 5.74) is 6.63. The van der Waals surface area contributed by atoms with E-state index >= 15 is 0 Å². The van der Waals surface area contributed by atoms with Gasteiger partial charge in [-0.1, -0.05) is 17.7 Å². The van der Waals surface area contributed by atoms with Gasteiger partial charge in [-0.15, -0.1) is 0 Å². The molecule has 1 atom stereocenters. The molecule has 0 aliphatic carbocycles. The van der Waals surface area contributed by atoms with E-state index < -0.39 is 0 Å². The van der Waals surface area contributed by atoms with E-state index in [1.54, 1.807) is 17.0 Å². The van der Waals surface area contributed by atoms with Crippen molar-refractivity contribution in [3.05, 3.63) is 58.2 Å². The van der Waals surface area contributed by atoms with Crippen molar-refractivity contribution in [2.75, 3.05) is 0 Å². The number of pyridine rings is 1. The molecule has 2 heterocycles. The van der Waals surface area contributed by atoms with Crippen LogP contribution in [0.25, 0.3) is 22.2 Å². The van der Waals surface area contributed by atoms with Gasteiger partial charge >= 0.3 is 0 Å². The van der Waals surface area contributed by atoms with E-state index in [2.05, 4.69) is 9.97 Å². The van der Waals surface area contributed by atoms with Gasteiger partial charge in [-0.25, -0.2) is 9.97 Å². The molecule has 124 valence electrons. The van der Waals surface area contributed by atoms with E-state index in [0.29, 0.717) is 22.8 Å². The van der Waals surface area contributed by atoms with Crippen molar-refractivity contribution in [3.63, 3.8) is 0 Å². The van der Waals surface area contributed by atoms with E-state index in [0.717, 1.165) is 23.8 Å². The molecule has 0 fully saturated rings. The molecule has 0 radical (unpaired) electrons. The molecule has 24 heavy (non-hydrogen) atoms. The highest BCUT2D eigenvalue weighted by atomic mass is 35.5. The van der Waals surface area contributed by atoms with Crippen LogP contribution in [0.5, 0.6) is 0 Å². The lowest BCUT2D eigenvalue weighted by atomic mass is 10.1. The molecule has 6 heteroatoms. The predicted octanol–water partition coefficient (Wildman–Crippen LogP) is 3.24. The molecule has 1 aromatic carbocycles. The van der Waals surface area contributed by atoms with E-state index in [1.807, 2.05) is 37.4 Å². The summed E-state index contributed by atoms with van der Waals surface area (Å²) in [6.45, 7) is 2.65. The number of aryl methyl sites for hydroxylation is 1. The number of aromatic nitrogens is 3. The number of hydrogen-bond acceptors (Lipinski definition) is 4. The summed E-state index contributed by atoms with van der Waals surface area (Å²) in [6.07, 6.45) is 6.74. The maximum absolute atomic E-state index is 12.6. The number of benzene rings is 1. The summed E-state index contributed by atoms with van der Waals surface area (Å²) < 4.78 is 1.74. The molecule has 0 saturated heterocycles. The van der Waals surface area contributed by atoms with Crippen LogP contribution in [0.15, 0.2) is 47.7 Å². The zero-order valence-electron chi connectivity index (χ0n) is 13.4. The van der Waals surface area contributed by atoms with Crippen LogP contribution in [0, 0.1) is 0 Å². The van der Waals surface area contributed by atoms with Crippen LogP contribution >= 0.6 is 11.6 Å². The predicted molar refractivity (Wildman–Crippen MR) is 97.1 cm³/mol. The lowest BCUT2D eigenvalue weighted by Gasteiger charge is -2.09. The molecule has 0 aliphatic rings. The Kier molecular flexibility index (Phi) is 4.92. The molecule has 0 amide bonds. The Morgan fingerprint density at radius 1 is 1.25 bits per heavy atom. The quantitative estimate of drug-likeness (QED) is 0.772. The van der Waals surface area contributed by atoms with Crippen LogP contribution in [0.1, 0.15) is 19.8 Å². The highest BCUT2D eigenvalue weighted by molar-refractivity contribution is 6.30. The van der Waals surface area contributed by atoms with Crippen LogP contribution in [0.4, 0.5) is 0 Å². The molecular formula is C18H19ClN4O. The van der Waals surface area contributed by atoms with Crippen LogP contribution in [0.3, 0.4) is 0 Å². The monoisotopic (exact) mass is 342 g/mol. The molecular weight excluding hydrogens is 324 g/mol. The van der Waals surface area contributed by atoms with Crippen LogP contribution in [0.2, 0.25) is 5.02 Å². The normalized spacial score (nSPS) is 12.5. The molecule has 2 aromatic heterocycles. The second-order valence-electron chi connectivity index (χ2n) is 5.96. The molecule has 0 spiro atoms. The Morgan fingerprint density at radius 2 is 2.00 bits per heavy atom. The van der Waals surface area contributed by atoms with Gasteiger partial charge in [0.25, 0.3) is 5.56 Å². The van der Waals surface area contributed by atoms with Gasteiger partial charge in [-0.2, -0.15) is 0 Å². The molecule has 0 bridgehead atoms. The maximum atomic E-state index is 12.6. The summed E-state index contributed by atoms with van der Waals surface area (Å²) in [4.78, 5) is 21.0. The van der Waals surface area contributed by atoms with Crippen LogP contribution < -0.4 is 11.3 Å². The van der Waals surface area contributed by atoms with E-state index in [1.165, 1.54) is 0 Å². The van der Waals surface area contributed by atoms with Gasteiger partial charge in [-0.3, -0.25) is 4.79 Å². The first-order valence-electron chi connectivity index (χ1n) is 7.91. The molecule has 2 N–H and O–H groups in total. The van der Waals surface area contributed by atoms with Gasteiger partial charge in [0.05, 0.1) is 5.02 Å². The Hall–Kier alpha value is -2.24. The van der Waals surface area contributed by atoms with Gasteiger partial charge in [0, 0.05) is 42.1 Å². The van der Waals surface area contributed by atoms with Gasteiger partial charge in [0.2, 0.25) is 0 Å². The van der Waals surface area contributed by atoms with Crippen molar-refractivity contribution in [2.24, 2.45) is 5.73 Å². The summed E-state index contributed by atoms with van der Waals surface area (Å²) >= 11 is 5.82. The summed E-state index contributed by atoms with van der Waals surface area (Å²) in [5, 5.41) is 2.06. The summed E-state index contributed by atoms with van der Waals surface area (Å²) in [7, 11) is 0. The Balaban J connectivity index is 1.91. The zero-order valence-corrected chi connectivity index (χ0v) is 14.2. The number of nitrogens with zero attached hydrogens (tertiary/aromatic N) is 3. The molecule has 3 aromatic rings. The van der Waals surface area contributed by atoms with Crippen molar-refractivity contribution in [3.8, 4) is 11.4 Å². The minimum absolute atomic E-state index is 0.0146. The third-order valence-corrected chi connectivity index (χ3v) is 4.11. The topological polar surface area (TPSA) is 73.8 Å². The number of rotatable bonds is 5. The fraction of sp³-hybridized carbons (Fsp3) is 0.278. The van der Waals surface area contributed by atoms with Gasteiger partial charge in [0.1, 0.15) is 0 Å². The maximum Gasteiger partial charge on any atom is 0.258 e. The third kappa shape index (κ3) is 3.63. The van der Waals surface area contributed by atoms with Crippen molar-refractivity contribution in [1.29, 1.82) is 0 Å². The number of halogens is 1. The molecule has 0 saturated carbocycles. The highest BCUT2D eigenvalue weighted by Crippen LogP contribution is 2.20. The Labute approximate surface area is 145 Å². The lowest BCUT2D eigenvalue weighted by Crippen LogP contribution is -2.21. The number of nitrogens with two attached hydrogens (primary N) is 1. The lowest BCUT2D eigenvalue weighted by molar-refractivity contribution is 0.550. The van der Waals surface area contributed by atoms with Gasteiger partial charge in [-0.05, 0) is 43.4 Å². The smallest absolute Gasteiger partial charge is 0.258 e. The molecule has 0 aliphatic heterocycles. The highest BCUT2D eigenvalue weighted by Gasteiger charge is 2.07. The minimum Gasteiger partial charge on any atom is -0.328 e. The van der Waals surface area contributed by atoms with Crippen LogP contribution in [-0.2, 0) is 6.54 Å². The first kappa shape index (κ1) is 16.6. The first-order chi connectivity index (χ1) is 11.5. The summed E-state index contributed by atoms with van der Waals surface area (Å²) in [6, 6.07) is 7.71. The summed E-state index contributed by atoms with van der Waals surface area (Å²) in [5.74, 6) is 0.586. The SMILES string of the molecule is C[C@H](N)CCCn1ccc2cc(-c3ncc(Cl)cn3)ccc2c1=O. The molecule has 5 nitrogen and oxygen atoms in total. The van der Waals surface area contributed by atoms with E-state index in [4.69, 9.17) is 17.3 Å². The standard InChI is InChI=1S/C18H19ClN4O/c1-12(20)3-2-7-23-8-6-13-9-14(4-5-16(13)18(23)24)17-21-10-15(19)11-22-17/h4-6,8-12H,2-3,7,20H2,1H3/t12-/m0/s1. The minimum atomic E-state index is 0.0146. The van der Waals surface area contributed by atoms with E-state index in [9.17, 15) is 4.79 Å². The van der Waals surface area contributed by atoms with Crippen molar-refractivity contribution in [1.82, 2.24) is 14.5 Å². The number of hydrogen-bond donors (Lipinski definition) is 1. The largest absolute Gasteiger partial charge is 0.328 e. The van der Waals surface area contributed by atoms with E-state index in [-0.39, 0.29) is 11.6 Å². The zero-order chi connectivity index (χ0) is 17.1. The Morgan fingerprint density at radius 3 is 2.71 bits per heavy atom. The molecule has 0 unspecified atom stereocenters. The van der Waals surface area contributed by atoms with Crippen molar-refractivity contribution >= 4 is 22.4 Å². The second kappa shape index (κ2) is 7.11. The number of fused-ring (bicyclic) bond motifs is 1. The second-order valence-corrected chi connectivity index (χ2v) is 6.40. The van der Waals surface area contributed by atoms with Crippen molar-refractivity contribution < 1.29 is 0 Å². The fourth-order valence-corrected chi connectivity index (χ4v) is 2.75. The van der Waals surface area contributed by atoms with Crippen LogP contribution in [-0.4, -0.2) is 20.6 Å². The Bertz CT molecular complexity index is 903. The first-order valence-corrected chi connectivity index (χ1v) is 8.29.